The van der Waals surface area contributed by atoms with Gasteiger partial charge in [-0.05, 0) is 87.4 Å². The van der Waals surface area contributed by atoms with Crippen LogP contribution in [0.1, 0.15) is 148 Å². The Bertz CT molecular complexity index is 2780. The summed E-state index contributed by atoms with van der Waals surface area (Å²) in [7, 11) is 0. The van der Waals surface area contributed by atoms with Crippen molar-refractivity contribution < 1.29 is 87.5 Å². The Balaban J connectivity index is 2.34. The van der Waals surface area contributed by atoms with Gasteiger partial charge < -0.3 is 106 Å². The lowest BCUT2D eigenvalue weighted by Gasteiger charge is -2.33. The lowest BCUT2D eigenvalue weighted by molar-refractivity contribution is -0.146. The molecule has 0 saturated carbocycles. The molecule has 13 amide bonds. The predicted octanol–water partition coefficient (Wildman–Crippen LogP) is -5.76. The number of carbonyl (C=O) groups is 14. The number of likely N-dealkylation sites (tertiary alicyclic amines) is 2. The number of guanidine groups is 1. The number of rotatable bonds is 40. The fraction of sp³-hybridized carbons (Fsp3) is 0.758. The van der Waals surface area contributed by atoms with Gasteiger partial charge in [-0.15, -0.1) is 0 Å². The number of amides is 13. The number of primary amides is 1. The summed E-state index contributed by atoms with van der Waals surface area (Å²) in [5, 5.41) is 65.2. The minimum Gasteiger partial charge on any atom is -0.480 e. The summed E-state index contributed by atoms with van der Waals surface area (Å²) in [6.07, 6.45) is -1.09. The SMILES string of the molecule is CC[C@H](C)[C@H](NC(=O)[C@@H](NC(=O)[C@@H](NC(=O)[C@H](CCCN=C(N)N)NC(=O)[C@@H](N)CO)C(C)C)C(C)C)C(=O)N[C@@H](CCC(N)=O)C(=O)N1CCC[C@H]1C(=O)N[C@@H](CO)C(=O)N1CCC[C@H]1C(=O)N[C@H](C(=O)N[C@H](C(=O)N[C@H](C(=O)N[C@H](C(=O)O)[C@@H](C)O)C(C)C)C(C)C)C(C)C. The molecule has 15 atom stereocenters. The fourth-order valence-corrected chi connectivity index (χ4v) is 10.9. The normalized spacial score (nSPS) is 18.7. The molecule has 2 rings (SSSR count). The van der Waals surface area contributed by atoms with Crippen molar-refractivity contribution in [3.05, 3.63) is 0 Å². The van der Waals surface area contributed by atoms with Crippen LogP contribution in [0.3, 0.4) is 0 Å². The van der Waals surface area contributed by atoms with Crippen LogP contribution in [0.25, 0.3) is 0 Å². The molecule has 2 heterocycles. The maximum Gasteiger partial charge on any atom is 0.328 e. The molecule has 550 valence electrons. The molecule has 0 aromatic rings. The van der Waals surface area contributed by atoms with Crippen LogP contribution >= 0.6 is 0 Å². The molecule has 22 N–H and O–H groups in total. The molecule has 2 aliphatic rings. The van der Waals surface area contributed by atoms with E-state index in [1.165, 1.54) is 6.92 Å². The second-order valence-electron chi connectivity index (χ2n) is 26.6. The van der Waals surface area contributed by atoms with Crippen molar-refractivity contribution in [3.8, 4) is 0 Å². The molecule has 0 radical (unpaired) electrons. The van der Waals surface area contributed by atoms with Gasteiger partial charge >= 0.3 is 5.97 Å². The van der Waals surface area contributed by atoms with Crippen molar-refractivity contribution in [2.75, 3.05) is 32.8 Å². The van der Waals surface area contributed by atoms with Crippen LogP contribution in [0.2, 0.25) is 0 Å². The van der Waals surface area contributed by atoms with Crippen LogP contribution in [0.15, 0.2) is 4.99 Å². The van der Waals surface area contributed by atoms with Gasteiger partial charge in [-0.25, -0.2) is 4.79 Å². The summed E-state index contributed by atoms with van der Waals surface area (Å²) < 4.78 is 0. The highest BCUT2D eigenvalue weighted by molar-refractivity contribution is 6.00. The summed E-state index contributed by atoms with van der Waals surface area (Å²) in [5.74, 6) is -16.2. The summed E-state index contributed by atoms with van der Waals surface area (Å²) in [6, 6.07) is -17.9. The lowest BCUT2D eigenvalue weighted by Crippen LogP contribution is -2.62. The van der Waals surface area contributed by atoms with Gasteiger partial charge in [-0.3, -0.25) is 67.3 Å². The van der Waals surface area contributed by atoms with E-state index < -0.39 is 223 Å². The van der Waals surface area contributed by atoms with Gasteiger partial charge in [-0.2, -0.15) is 0 Å². The average molecular weight is 1380 g/mol. The maximum absolute atomic E-state index is 14.6. The third kappa shape index (κ3) is 25.9. The van der Waals surface area contributed by atoms with E-state index in [0.29, 0.717) is 12.8 Å². The average Bonchev–Trinajstić information content (AvgIpc) is 1.76. The highest BCUT2D eigenvalue weighted by atomic mass is 16.4. The van der Waals surface area contributed by atoms with E-state index in [2.05, 4.69) is 58.2 Å². The van der Waals surface area contributed by atoms with Gasteiger partial charge in [-0.1, -0.05) is 89.5 Å². The van der Waals surface area contributed by atoms with E-state index in [0.717, 1.165) is 9.80 Å². The van der Waals surface area contributed by atoms with Crippen molar-refractivity contribution in [1.82, 2.24) is 63.0 Å². The molecule has 97 heavy (non-hydrogen) atoms. The summed E-state index contributed by atoms with van der Waals surface area (Å²) >= 11 is 0. The van der Waals surface area contributed by atoms with Gasteiger partial charge in [0.2, 0.25) is 76.8 Å². The van der Waals surface area contributed by atoms with Crippen molar-refractivity contribution in [3.63, 3.8) is 0 Å². The number of aliphatic imine (C=N–C) groups is 1. The van der Waals surface area contributed by atoms with E-state index in [1.807, 2.05) is 0 Å². The van der Waals surface area contributed by atoms with Gasteiger partial charge in [0, 0.05) is 26.1 Å². The first-order valence-corrected chi connectivity index (χ1v) is 33.1. The first-order chi connectivity index (χ1) is 45.3. The molecule has 0 aliphatic carbocycles. The molecular formula is C62H109N17O18. The lowest BCUT2D eigenvalue weighted by atomic mass is 9.95. The number of hydrogen-bond donors (Lipinski definition) is 18. The number of aliphatic carboxylic acids is 1. The Kier molecular flexibility index (Phi) is 35.3. The second kappa shape index (κ2) is 40.4. The monoisotopic (exact) mass is 1380 g/mol. The van der Waals surface area contributed by atoms with Crippen molar-refractivity contribution in [2.24, 2.45) is 63.4 Å². The smallest absolute Gasteiger partial charge is 0.328 e. The maximum atomic E-state index is 14.6. The van der Waals surface area contributed by atoms with E-state index in [4.69, 9.17) is 22.9 Å². The van der Waals surface area contributed by atoms with Crippen LogP contribution in [-0.2, 0) is 67.1 Å². The van der Waals surface area contributed by atoms with Crippen molar-refractivity contribution >= 4 is 88.7 Å². The Morgan fingerprint density at radius 2 is 0.835 bits per heavy atom. The Morgan fingerprint density at radius 3 is 1.21 bits per heavy atom. The topological polar surface area (TPSA) is 563 Å². The summed E-state index contributed by atoms with van der Waals surface area (Å²) in [5.41, 5.74) is 22.0. The van der Waals surface area contributed by atoms with Crippen LogP contribution in [0.5, 0.6) is 0 Å². The zero-order valence-electron chi connectivity index (χ0n) is 58.1. The van der Waals surface area contributed by atoms with Crippen molar-refractivity contribution in [2.45, 2.75) is 232 Å². The van der Waals surface area contributed by atoms with Gasteiger partial charge in [0.15, 0.2) is 12.0 Å². The largest absolute Gasteiger partial charge is 0.480 e. The number of carboxylic acid groups (broad SMARTS) is 1. The molecular weight excluding hydrogens is 1270 g/mol. The zero-order chi connectivity index (χ0) is 74.0. The summed E-state index contributed by atoms with van der Waals surface area (Å²) in [4.78, 5) is 198. The van der Waals surface area contributed by atoms with E-state index in [9.17, 15) is 87.5 Å². The van der Waals surface area contributed by atoms with Gasteiger partial charge in [0.25, 0.3) is 0 Å². The first-order valence-electron chi connectivity index (χ1n) is 33.1. The molecule has 2 fully saturated rings. The Morgan fingerprint density at radius 1 is 0.464 bits per heavy atom. The molecule has 0 unspecified atom stereocenters. The molecule has 0 spiro atoms. The Hall–Kier alpha value is -8.31. The number of nitrogens with one attached hydrogen (secondary N) is 10. The molecule has 35 nitrogen and oxygen atoms in total. The molecule has 2 saturated heterocycles. The molecule has 0 bridgehead atoms. The number of carboxylic acids is 1. The minimum absolute atomic E-state index is 0.0104. The molecule has 35 heteroatoms. The number of nitrogens with zero attached hydrogens (tertiary/aromatic N) is 3. The second-order valence-corrected chi connectivity index (χ2v) is 26.6. The number of aliphatic hydroxyl groups is 3. The Labute approximate surface area is 566 Å². The number of carbonyl (C=O) groups excluding carboxylic acids is 13. The quantitative estimate of drug-likeness (QED) is 0.0154. The van der Waals surface area contributed by atoms with Gasteiger partial charge in [0.1, 0.15) is 72.5 Å². The summed E-state index contributed by atoms with van der Waals surface area (Å²) in [6.45, 7) is 19.0. The van der Waals surface area contributed by atoms with E-state index in [-0.39, 0.29) is 64.1 Å². The highest BCUT2D eigenvalue weighted by Crippen LogP contribution is 2.24. The van der Waals surface area contributed by atoms with Crippen molar-refractivity contribution in [1.29, 1.82) is 0 Å². The van der Waals surface area contributed by atoms with Crippen LogP contribution in [0.4, 0.5) is 0 Å². The van der Waals surface area contributed by atoms with E-state index >= 15 is 0 Å². The molecule has 0 aromatic carbocycles. The standard InChI is InChI=1S/C62H109N17O18/c1-14-33(12)47(76-56(91)45(31(8)9)74-53(88)42(28(2)3)71-50(85)36(18-15-23-67-62(65)66)68-49(84)35(63)26-80)58(93)69-37(21-22-41(64)83)59(94)78-24-16-19-39(78)51(86)70-38(27-81)60(95)79-25-17-20-40(79)52(87)72-43(29(4)5)54(89)73-44(30(6)7)55(90)75-46(32(10)11)57(92)77-48(34(13)82)61(96)97/h28-40,42-48,80-82H,14-27,63H2,1-13H3,(H2,64,83)(H,68,84)(H,69,93)(H,70,86)(H,71,85)(H,72,87)(H,73,89)(H,74,88)(H,75,90)(H,76,91)(H,77,92)(H,96,97)(H4,65,66,67)/t33-,34+,35-,36-,37-,38-,39-,40-,42-,43-,44-,45-,46-,47-,48-/m0/s1. The molecule has 2 aliphatic heterocycles. The van der Waals surface area contributed by atoms with Crippen LogP contribution in [0, 0.1) is 35.5 Å². The fourth-order valence-electron chi connectivity index (χ4n) is 10.9. The van der Waals surface area contributed by atoms with Crippen LogP contribution in [-0.4, -0.2) is 236 Å². The predicted molar refractivity (Wildman–Crippen MR) is 352 cm³/mol. The third-order valence-corrected chi connectivity index (χ3v) is 17.0. The minimum atomic E-state index is -1.68. The highest BCUT2D eigenvalue weighted by Gasteiger charge is 2.45. The number of hydrogen-bond acceptors (Lipinski definition) is 19. The number of aliphatic hydroxyl groups excluding tert-OH is 3. The van der Waals surface area contributed by atoms with Gasteiger partial charge in [0.05, 0.1) is 19.3 Å². The molecule has 0 aromatic heterocycles. The van der Waals surface area contributed by atoms with E-state index in [1.54, 1.807) is 83.1 Å². The zero-order valence-corrected chi connectivity index (χ0v) is 58.1. The first kappa shape index (κ1) is 84.8. The third-order valence-electron chi connectivity index (χ3n) is 17.0. The van der Waals surface area contributed by atoms with Crippen LogP contribution < -0.4 is 76.1 Å². The number of nitrogens with two attached hydrogens (primary N) is 4.